The number of fused-ring (bicyclic) bond motifs is 2. The summed E-state index contributed by atoms with van der Waals surface area (Å²) in [7, 11) is 0. The summed E-state index contributed by atoms with van der Waals surface area (Å²) in [6.07, 6.45) is 5.45. The highest BCUT2D eigenvalue weighted by atomic mass is 32.2. The topological polar surface area (TPSA) is 52.6 Å². The van der Waals surface area contributed by atoms with Crippen molar-refractivity contribution in [2.75, 3.05) is 13.2 Å². The van der Waals surface area contributed by atoms with Crippen molar-refractivity contribution in [1.29, 1.82) is 0 Å². The van der Waals surface area contributed by atoms with Gasteiger partial charge in [0.05, 0.1) is 5.76 Å². The molecular formula is C18H16O4S. The van der Waals surface area contributed by atoms with E-state index in [-0.39, 0.29) is 24.2 Å². The number of rotatable bonds is 5. The third-order valence-corrected chi connectivity index (χ3v) is 4.94. The van der Waals surface area contributed by atoms with Crippen molar-refractivity contribution in [2.24, 2.45) is 0 Å². The van der Waals surface area contributed by atoms with Gasteiger partial charge in [0, 0.05) is 33.8 Å². The van der Waals surface area contributed by atoms with E-state index >= 15 is 0 Å². The van der Waals surface area contributed by atoms with Crippen LogP contribution in [-0.2, 0) is 14.3 Å². The van der Waals surface area contributed by atoms with E-state index in [1.807, 2.05) is 36.4 Å². The van der Waals surface area contributed by atoms with Gasteiger partial charge in [-0.3, -0.25) is 4.79 Å². The fraction of sp³-hybridized carbons (Fsp3) is 0.222. The van der Waals surface area contributed by atoms with Crippen LogP contribution in [0.4, 0.5) is 0 Å². The van der Waals surface area contributed by atoms with Crippen molar-refractivity contribution in [3.63, 3.8) is 0 Å². The SMILES string of the molecule is C=CC(=O)OCCOC1=CC=C2C(=O)c3ccccc3SC2C1. The molecule has 1 atom stereocenters. The van der Waals surface area contributed by atoms with Crippen molar-refractivity contribution in [3.8, 4) is 0 Å². The number of ether oxygens (including phenoxy) is 2. The Kier molecular flexibility index (Phi) is 4.67. The van der Waals surface area contributed by atoms with E-state index in [4.69, 9.17) is 9.47 Å². The summed E-state index contributed by atoms with van der Waals surface area (Å²) in [4.78, 5) is 24.5. The molecule has 0 N–H and O–H groups in total. The lowest BCUT2D eigenvalue weighted by atomic mass is 9.94. The maximum atomic E-state index is 12.5. The zero-order valence-electron chi connectivity index (χ0n) is 12.5. The molecule has 23 heavy (non-hydrogen) atoms. The first kappa shape index (κ1) is 15.6. The summed E-state index contributed by atoms with van der Waals surface area (Å²) >= 11 is 1.69. The molecule has 4 nitrogen and oxygen atoms in total. The quantitative estimate of drug-likeness (QED) is 0.471. The Morgan fingerprint density at radius 3 is 2.96 bits per heavy atom. The second kappa shape index (κ2) is 6.87. The summed E-state index contributed by atoms with van der Waals surface area (Å²) in [5.41, 5.74) is 1.59. The third-order valence-electron chi connectivity index (χ3n) is 3.63. The van der Waals surface area contributed by atoms with Crippen LogP contribution < -0.4 is 0 Å². The van der Waals surface area contributed by atoms with E-state index < -0.39 is 5.97 Å². The van der Waals surface area contributed by atoms with Crippen LogP contribution in [0.15, 0.2) is 65.3 Å². The van der Waals surface area contributed by atoms with Gasteiger partial charge in [0.15, 0.2) is 5.78 Å². The fourth-order valence-corrected chi connectivity index (χ4v) is 3.84. The highest BCUT2D eigenvalue weighted by Crippen LogP contribution is 2.42. The van der Waals surface area contributed by atoms with Crippen LogP contribution in [-0.4, -0.2) is 30.2 Å². The summed E-state index contributed by atoms with van der Waals surface area (Å²) in [5, 5.41) is 0.0770. The van der Waals surface area contributed by atoms with Gasteiger partial charge in [-0.25, -0.2) is 4.79 Å². The largest absolute Gasteiger partial charge is 0.494 e. The molecule has 0 radical (unpaired) electrons. The zero-order valence-corrected chi connectivity index (χ0v) is 13.3. The molecule has 0 bridgehead atoms. The number of Topliss-reactive ketones (excluding diaryl/α,β-unsaturated/α-hetero) is 1. The smallest absolute Gasteiger partial charge is 0.330 e. The lowest BCUT2D eigenvalue weighted by Crippen LogP contribution is -2.24. The number of ketones is 1. The average molecular weight is 328 g/mol. The molecule has 1 heterocycles. The second-order valence-electron chi connectivity index (χ2n) is 5.11. The van der Waals surface area contributed by atoms with Crippen molar-refractivity contribution in [1.82, 2.24) is 0 Å². The van der Waals surface area contributed by atoms with Crippen molar-refractivity contribution < 1.29 is 19.1 Å². The zero-order chi connectivity index (χ0) is 16.2. The van der Waals surface area contributed by atoms with Gasteiger partial charge in [-0.1, -0.05) is 24.8 Å². The fourth-order valence-electron chi connectivity index (χ4n) is 2.52. The number of thioether (sulfide) groups is 1. The predicted octanol–water partition coefficient (Wildman–Crippen LogP) is 3.30. The van der Waals surface area contributed by atoms with Crippen LogP contribution in [0.5, 0.6) is 0 Å². The van der Waals surface area contributed by atoms with E-state index in [1.54, 1.807) is 11.8 Å². The molecule has 0 spiro atoms. The lowest BCUT2D eigenvalue weighted by molar-refractivity contribution is -0.138. The van der Waals surface area contributed by atoms with Crippen molar-refractivity contribution in [2.45, 2.75) is 16.6 Å². The van der Waals surface area contributed by atoms with Gasteiger partial charge in [-0.05, 0) is 18.2 Å². The van der Waals surface area contributed by atoms with E-state index in [1.165, 1.54) is 0 Å². The third kappa shape index (κ3) is 3.40. The molecule has 1 aromatic carbocycles. The molecule has 1 unspecified atom stereocenters. The first-order chi connectivity index (χ1) is 11.2. The molecule has 0 fully saturated rings. The molecule has 2 aliphatic rings. The molecule has 0 saturated heterocycles. The van der Waals surface area contributed by atoms with E-state index in [0.29, 0.717) is 6.42 Å². The van der Waals surface area contributed by atoms with Crippen molar-refractivity contribution >= 4 is 23.5 Å². The number of benzene rings is 1. The van der Waals surface area contributed by atoms with Gasteiger partial charge in [0.2, 0.25) is 0 Å². The van der Waals surface area contributed by atoms with Crippen LogP contribution >= 0.6 is 11.8 Å². The molecule has 118 valence electrons. The van der Waals surface area contributed by atoms with Crippen LogP contribution in [0.3, 0.4) is 0 Å². The molecule has 1 aliphatic carbocycles. The van der Waals surface area contributed by atoms with Gasteiger partial charge < -0.3 is 9.47 Å². The maximum absolute atomic E-state index is 12.5. The normalized spacial score (nSPS) is 19.0. The van der Waals surface area contributed by atoms with Gasteiger partial charge in [-0.15, -0.1) is 11.8 Å². The molecule has 1 aromatic rings. The summed E-state index contributed by atoms with van der Waals surface area (Å²) in [6, 6.07) is 7.67. The number of esters is 1. The first-order valence-electron chi connectivity index (χ1n) is 7.32. The Bertz CT molecular complexity index is 717. The molecule has 5 heteroatoms. The standard InChI is InChI=1S/C18H16O4S/c1-2-17(19)22-10-9-21-12-7-8-14-16(11-12)23-15-6-4-3-5-13(15)18(14)20/h2-8,16H,1,9-11H2. The average Bonchev–Trinajstić information content (AvgIpc) is 2.58. The second-order valence-corrected chi connectivity index (χ2v) is 6.36. The Morgan fingerprint density at radius 2 is 2.13 bits per heavy atom. The molecule has 0 aromatic heterocycles. The lowest BCUT2D eigenvalue weighted by Gasteiger charge is -2.28. The highest BCUT2D eigenvalue weighted by Gasteiger charge is 2.32. The molecule has 0 saturated carbocycles. The summed E-state index contributed by atoms with van der Waals surface area (Å²) in [6.45, 7) is 3.80. The Hall–Kier alpha value is -2.27. The minimum absolute atomic E-state index is 0.0770. The monoisotopic (exact) mass is 328 g/mol. The molecule has 0 amide bonds. The number of allylic oxidation sites excluding steroid dienone is 3. The summed E-state index contributed by atoms with van der Waals surface area (Å²) in [5.74, 6) is 0.436. The van der Waals surface area contributed by atoms with E-state index in [0.717, 1.165) is 27.9 Å². The number of carbonyl (C=O) groups is 2. The van der Waals surface area contributed by atoms with E-state index in [9.17, 15) is 9.59 Å². The van der Waals surface area contributed by atoms with Crippen LogP contribution in [0.1, 0.15) is 16.8 Å². The predicted molar refractivity (Wildman–Crippen MR) is 88.3 cm³/mol. The summed E-state index contributed by atoms with van der Waals surface area (Å²) < 4.78 is 10.5. The number of hydrogen-bond acceptors (Lipinski definition) is 5. The van der Waals surface area contributed by atoms with Gasteiger partial charge in [-0.2, -0.15) is 0 Å². The van der Waals surface area contributed by atoms with Crippen LogP contribution in [0.2, 0.25) is 0 Å². The van der Waals surface area contributed by atoms with Crippen LogP contribution in [0.25, 0.3) is 0 Å². The Labute approximate surface area is 138 Å². The first-order valence-corrected chi connectivity index (χ1v) is 8.20. The molecule has 1 aliphatic heterocycles. The Morgan fingerprint density at radius 1 is 1.30 bits per heavy atom. The maximum Gasteiger partial charge on any atom is 0.330 e. The van der Waals surface area contributed by atoms with E-state index in [2.05, 4.69) is 6.58 Å². The van der Waals surface area contributed by atoms with Crippen molar-refractivity contribution in [3.05, 3.63) is 66.0 Å². The minimum atomic E-state index is -0.460. The highest BCUT2D eigenvalue weighted by molar-refractivity contribution is 8.00. The minimum Gasteiger partial charge on any atom is -0.494 e. The molecule has 3 rings (SSSR count). The van der Waals surface area contributed by atoms with Gasteiger partial charge in [0.25, 0.3) is 0 Å². The van der Waals surface area contributed by atoms with Gasteiger partial charge in [0.1, 0.15) is 13.2 Å². The Balaban J connectivity index is 1.63. The van der Waals surface area contributed by atoms with Crippen LogP contribution in [0, 0.1) is 0 Å². The van der Waals surface area contributed by atoms with Gasteiger partial charge >= 0.3 is 5.97 Å². The molecular weight excluding hydrogens is 312 g/mol. The number of hydrogen-bond donors (Lipinski definition) is 0. The number of carbonyl (C=O) groups excluding carboxylic acids is 2.